The average molecular weight is 526 g/mol. The number of carbonyl (C=O) groups excluding carboxylic acids is 2. The summed E-state index contributed by atoms with van der Waals surface area (Å²) in [7, 11) is 0. The minimum atomic E-state index is -1.11. The molecule has 0 aliphatic carbocycles. The van der Waals surface area contributed by atoms with Gasteiger partial charge in [0.2, 0.25) is 5.91 Å². The maximum atomic E-state index is 13.9. The highest BCUT2D eigenvalue weighted by Gasteiger charge is 2.30. The molecule has 1 aromatic heterocycles. The third kappa shape index (κ3) is 6.00. The van der Waals surface area contributed by atoms with Gasteiger partial charge >= 0.3 is 0 Å². The Balaban J connectivity index is 1.58. The number of carbonyl (C=O) groups is 2. The van der Waals surface area contributed by atoms with Gasteiger partial charge in [0.25, 0.3) is 5.91 Å². The average Bonchev–Trinajstić information content (AvgIpc) is 3.21. The fourth-order valence-electron chi connectivity index (χ4n) is 4.27. The predicted molar refractivity (Wildman–Crippen MR) is 137 cm³/mol. The number of anilines is 1. The predicted octanol–water partition coefficient (Wildman–Crippen LogP) is 3.79. The van der Waals surface area contributed by atoms with E-state index in [0.717, 1.165) is 12.1 Å². The maximum Gasteiger partial charge on any atom is 0.254 e. The molecule has 1 aliphatic heterocycles. The molecule has 1 atom stereocenters. The molecule has 2 aromatic carbocycles. The van der Waals surface area contributed by atoms with Crippen LogP contribution in [0.1, 0.15) is 43.1 Å². The van der Waals surface area contributed by atoms with Crippen LogP contribution in [0.2, 0.25) is 0 Å². The van der Waals surface area contributed by atoms with Crippen molar-refractivity contribution >= 4 is 17.6 Å². The fraction of sp³-hybridized carbons (Fsp3) is 0.296. The summed E-state index contributed by atoms with van der Waals surface area (Å²) in [5.41, 5.74) is 11.7. The topological polar surface area (TPSA) is 137 Å². The number of ether oxygens (including phenoxy) is 1. The summed E-state index contributed by atoms with van der Waals surface area (Å²) in [5, 5.41) is 14.5. The normalized spacial score (nSPS) is 16.1. The standard InChI is InChI=1S/C27H29F2N5O4/c1-27(2,37)12-11-22(35)33-13-3-4-18(15-33)34-25(30)23(26(31)36)24(32-34)16-5-8-19(9-6-16)38-21-10-7-17(28)14-20(21)29/h5-12,14,18,37H,3-4,13,15,30H2,1-2H3,(H2,31,36). The van der Waals surface area contributed by atoms with Gasteiger partial charge in [0.1, 0.15) is 28.6 Å². The second-order valence-electron chi connectivity index (χ2n) is 9.69. The first-order valence-electron chi connectivity index (χ1n) is 12.0. The zero-order valence-corrected chi connectivity index (χ0v) is 21.0. The lowest BCUT2D eigenvalue weighted by atomic mass is 10.0. The summed E-state index contributed by atoms with van der Waals surface area (Å²) >= 11 is 0. The molecule has 1 aliphatic rings. The monoisotopic (exact) mass is 525 g/mol. The lowest BCUT2D eigenvalue weighted by Gasteiger charge is -2.32. The van der Waals surface area contributed by atoms with Crippen molar-refractivity contribution in [1.82, 2.24) is 14.7 Å². The number of amides is 2. The van der Waals surface area contributed by atoms with E-state index in [4.69, 9.17) is 16.2 Å². The molecule has 4 rings (SSSR count). The summed E-state index contributed by atoms with van der Waals surface area (Å²) in [6.07, 6.45) is 4.15. The number of likely N-dealkylation sites (tertiary alicyclic amines) is 1. The molecule has 0 saturated carbocycles. The number of benzene rings is 2. The van der Waals surface area contributed by atoms with E-state index in [2.05, 4.69) is 5.10 Å². The van der Waals surface area contributed by atoms with Crippen LogP contribution in [0.4, 0.5) is 14.6 Å². The molecule has 3 aromatic rings. The Morgan fingerprint density at radius 1 is 1.18 bits per heavy atom. The van der Waals surface area contributed by atoms with Crippen LogP contribution in [0, 0.1) is 11.6 Å². The van der Waals surface area contributed by atoms with Gasteiger partial charge in [0.05, 0.1) is 11.6 Å². The molecular formula is C27H29F2N5O4. The van der Waals surface area contributed by atoms with Gasteiger partial charge in [0.15, 0.2) is 11.6 Å². The Labute approximate surface area is 218 Å². The molecule has 0 spiro atoms. The van der Waals surface area contributed by atoms with Crippen LogP contribution in [0.25, 0.3) is 11.3 Å². The Morgan fingerprint density at radius 3 is 2.53 bits per heavy atom. The van der Waals surface area contributed by atoms with Gasteiger partial charge in [-0.05, 0) is 69.2 Å². The molecule has 2 heterocycles. The van der Waals surface area contributed by atoms with E-state index in [-0.39, 0.29) is 40.5 Å². The SMILES string of the molecule is CC(C)(O)C=CC(=O)N1CCCC(n2nc(-c3ccc(Oc4ccc(F)cc4F)cc3)c(C(N)=O)c2N)C1. The first-order chi connectivity index (χ1) is 17.9. The van der Waals surface area contributed by atoms with E-state index in [1.54, 1.807) is 43.0 Å². The molecule has 0 radical (unpaired) electrons. The molecule has 1 unspecified atom stereocenters. The van der Waals surface area contributed by atoms with Crippen molar-refractivity contribution in [2.45, 2.75) is 38.3 Å². The van der Waals surface area contributed by atoms with Crippen LogP contribution < -0.4 is 16.2 Å². The van der Waals surface area contributed by atoms with Crippen LogP contribution in [0.5, 0.6) is 11.5 Å². The summed E-state index contributed by atoms with van der Waals surface area (Å²) in [4.78, 5) is 26.6. The molecule has 1 saturated heterocycles. The van der Waals surface area contributed by atoms with Gasteiger partial charge in [-0.25, -0.2) is 13.5 Å². The highest BCUT2D eigenvalue weighted by molar-refractivity contribution is 6.03. The number of hydrogen-bond donors (Lipinski definition) is 3. The second kappa shape index (κ2) is 10.6. The van der Waals surface area contributed by atoms with Crippen molar-refractivity contribution in [3.8, 4) is 22.8 Å². The Hall–Kier alpha value is -4.25. The minimum absolute atomic E-state index is 0.0497. The highest BCUT2D eigenvalue weighted by atomic mass is 19.1. The first kappa shape index (κ1) is 26.8. The minimum Gasteiger partial charge on any atom is -0.454 e. The summed E-state index contributed by atoms with van der Waals surface area (Å²) in [6, 6.07) is 9.04. The number of rotatable bonds is 7. The quantitative estimate of drug-likeness (QED) is 0.402. The van der Waals surface area contributed by atoms with E-state index < -0.39 is 23.1 Å². The Morgan fingerprint density at radius 2 is 1.89 bits per heavy atom. The van der Waals surface area contributed by atoms with Crippen molar-refractivity contribution in [1.29, 1.82) is 0 Å². The van der Waals surface area contributed by atoms with Crippen molar-refractivity contribution < 1.29 is 28.2 Å². The molecule has 5 N–H and O–H groups in total. The van der Waals surface area contributed by atoms with E-state index in [0.29, 0.717) is 31.5 Å². The molecular weight excluding hydrogens is 496 g/mol. The molecule has 9 nitrogen and oxygen atoms in total. The number of nitrogen functional groups attached to an aromatic ring is 1. The number of primary amides is 1. The zero-order chi connectivity index (χ0) is 27.6. The third-order valence-electron chi connectivity index (χ3n) is 6.13. The lowest BCUT2D eigenvalue weighted by molar-refractivity contribution is -0.127. The van der Waals surface area contributed by atoms with Crippen molar-refractivity contribution in [3.05, 3.63) is 71.8 Å². The smallest absolute Gasteiger partial charge is 0.254 e. The zero-order valence-electron chi connectivity index (χ0n) is 21.0. The fourth-order valence-corrected chi connectivity index (χ4v) is 4.27. The number of hydrogen-bond acceptors (Lipinski definition) is 6. The van der Waals surface area contributed by atoms with Gasteiger partial charge in [-0.1, -0.05) is 0 Å². The number of aliphatic hydroxyl groups is 1. The summed E-state index contributed by atoms with van der Waals surface area (Å²) < 4.78 is 34.1. The van der Waals surface area contributed by atoms with Gasteiger partial charge in [-0.2, -0.15) is 5.10 Å². The van der Waals surface area contributed by atoms with E-state index in [1.165, 1.54) is 22.9 Å². The molecule has 200 valence electrons. The Kier molecular flexibility index (Phi) is 7.49. The third-order valence-corrected chi connectivity index (χ3v) is 6.13. The second-order valence-corrected chi connectivity index (χ2v) is 9.69. The number of aromatic nitrogens is 2. The molecule has 0 bridgehead atoms. The van der Waals surface area contributed by atoms with Crippen LogP contribution in [0.15, 0.2) is 54.6 Å². The van der Waals surface area contributed by atoms with Crippen LogP contribution >= 0.6 is 0 Å². The number of nitrogens with two attached hydrogens (primary N) is 2. The maximum absolute atomic E-state index is 13.9. The number of piperidine rings is 1. The summed E-state index contributed by atoms with van der Waals surface area (Å²) in [5.74, 6) is -2.32. The van der Waals surface area contributed by atoms with Crippen molar-refractivity contribution in [2.24, 2.45) is 5.73 Å². The van der Waals surface area contributed by atoms with Crippen LogP contribution in [-0.4, -0.2) is 50.3 Å². The summed E-state index contributed by atoms with van der Waals surface area (Å²) in [6.45, 7) is 4.01. The Bertz CT molecular complexity index is 1380. The highest BCUT2D eigenvalue weighted by Crippen LogP contribution is 2.33. The van der Waals surface area contributed by atoms with Gasteiger partial charge in [-0.15, -0.1) is 0 Å². The van der Waals surface area contributed by atoms with Crippen molar-refractivity contribution in [2.75, 3.05) is 18.8 Å². The number of halogens is 2. The lowest BCUT2D eigenvalue weighted by Crippen LogP contribution is -2.40. The van der Waals surface area contributed by atoms with Crippen LogP contribution in [0.3, 0.4) is 0 Å². The van der Waals surface area contributed by atoms with E-state index in [1.807, 2.05) is 0 Å². The molecule has 2 amide bonds. The molecule has 1 fully saturated rings. The molecule has 38 heavy (non-hydrogen) atoms. The first-order valence-corrected chi connectivity index (χ1v) is 12.0. The van der Waals surface area contributed by atoms with E-state index in [9.17, 15) is 23.5 Å². The van der Waals surface area contributed by atoms with Gasteiger partial charge in [0, 0.05) is 30.8 Å². The van der Waals surface area contributed by atoms with Gasteiger partial charge in [-0.3, -0.25) is 9.59 Å². The van der Waals surface area contributed by atoms with Crippen molar-refractivity contribution in [3.63, 3.8) is 0 Å². The van der Waals surface area contributed by atoms with Crippen LogP contribution in [-0.2, 0) is 4.79 Å². The largest absolute Gasteiger partial charge is 0.454 e. The number of nitrogens with zero attached hydrogens (tertiary/aromatic N) is 3. The van der Waals surface area contributed by atoms with Gasteiger partial charge < -0.3 is 26.2 Å². The molecule has 11 heteroatoms. The van der Waals surface area contributed by atoms with E-state index >= 15 is 0 Å².